The van der Waals surface area contributed by atoms with E-state index in [9.17, 15) is 4.79 Å². The van der Waals surface area contributed by atoms with E-state index < -0.39 is 0 Å². The molecule has 1 saturated heterocycles. The number of amides is 2. The fourth-order valence-corrected chi connectivity index (χ4v) is 3.75. The minimum absolute atomic E-state index is 0.00887. The van der Waals surface area contributed by atoms with Crippen molar-refractivity contribution in [2.45, 2.75) is 33.2 Å². The molecule has 6 heteroatoms. The maximum atomic E-state index is 12.5. The van der Waals surface area contributed by atoms with Gasteiger partial charge in [0.1, 0.15) is 17.3 Å². The standard InChI is InChI=1S/C23H28N4O2/c1-16(2)24-23(28)27-12-6-11-26(13-14-27)22-18-15-17(3)9-10-20(18)29-21-8-5-4-7-19(21)25-22/h4-5,7-10,15-16H,6,11-14H2,1-3H3,(H,24,28). The van der Waals surface area contributed by atoms with Crippen molar-refractivity contribution in [2.75, 3.05) is 26.2 Å². The predicted molar refractivity (Wildman–Crippen MR) is 115 cm³/mol. The molecule has 0 radical (unpaired) electrons. The monoisotopic (exact) mass is 392 g/mol. The third kappa shape index (κ3) is 4.21. The van der Waals surface area contributed by atoms with E-state index in [4.69, 9.17) is 9.73 Å². The average molecular weight is 393 g/mol. The minimum atomic E-state index is 0.00887. The summed E-state index contributed by atoms with van der Waals surface area (Å²) in [7, 11) is 0. The smallest absolute Gasteiger partial charge is 0.317 e. The zero-order valence-electron chi connectivity index (χ0n) is 17.3. The van der Waals surface area contributed by atoms with Crippen LogP contribution in [0.25, 0.3) is 0 Å². The van der Waals surface area contributed by atoms with Crippen LogP contribution in [0.15, 0.2) is 47.5 Å². The number of para-hydroxylation sites is 2. The van der Waals surface area contributed by atoms with Gasteiger partial charge in [-0.05, 0) is 51.5 Å². The molecule has 0 spiro atoms. The second-order valence-electron chi connectivity index (χ2n) is 7.94. The van der Waals surface area contributed by atoms with Crippen molar-refractivity contribution in [3.8, 4) is 11.5 Å². The number of aryl methyl sites for hydroxylation is 1. The highest BCUT2D eigenvalue weighted by molar-refractivity contribution is 6.04. The van der Waals surface area contributed by atoms with E-state index in [1.807, 2.05) is 49.1 Å². The third-order valence-corrected chi connectivity index (χ3v) is 5.18. The van der Waals surface area contributed by atoms with Crippen molar-refractivity contribution in [3.05, 3.63) is 53.6 Å². The fourth-order valence-electron chi connectivity index (χ4n) is 3.75. The number of ether oxygens (including phenoxy) is 1. The number of benzene rings is 2. The van der Waals surface area contributed by atoms with E-state index in [-0.39, 0.29) is 12.1 Å². The van der Waals surface area contributed by atoms with Crippen LogP contribution in [-0.2, 0) is 0 Å². The molecule has 0 saturated carbocycles. The normalized spacial score (nSPS) is 16.2. The first-order chi connectivity index (χ1) is 14.0. The zero-order chi connectivity index (χ0) is 20.4. The number of fused-ring (bicyclic) bond motifs is 2. The second kappa shape index (κ2) is 8.15. The van der Waals surface area contributed by atoms with Crippen LogP contribution in [0.2, 0.25) is 0 Å². The number of nitrogens with one attached hydrogen (secondary N) is 1. The number of urea groups is 1. The molecular formula is C23H28N4O2. The molecule has 1 N–H and O–H groups in total. The van der Waals surface area contributed by atoms with Crippen LogP contribution in [0, 0.1) is 6.92 Å². The highest BCUT2D eigenvalue weighted by Gasteiger charge is 2.26. The van der Waals surface area contributed by atoms with Crippen LogP contribution in [-0.4, -0.2) is 53.9 Å². The number of carbonyl (C=O) groups is 1. The van der Waals surface area contributed by atoms with Gasteiger partial charge in [0.15, 0.2) is 5.75 Å². The molecule has 2 amide bonds. The Labute approximate surface area is 172 Å². The molecule has 1 fully saturated rings. The predicted octanol–water partition coefficient (Wildman–Crippen LogP) is 4.30. The summed E-state index contributed by atoms with van der Waals surface area (Å²) in [5.74, 6) is 2.50. The molecular weight excluding hydrogens is 364 g/mol. The Balaban J connectivity index is 1.65. The molecule has 0 atom stereocenters. The fraction of sp³-hybridized carbons (Fsp3) is 0.391. The maximum absolute atomic E-state index is 12.5. The summed E-state index contributed by atoms with van der Waals surface area (Å²) in [5, 5.41) is 3.00. The number of carbonyl (C=O) groups excluding carboxylic acids is 1. The van der Waals surface area contributed by atoms with Gasteiger partial charge in [-0.25, -0.2) is 9.79 Å². The van der Waals surface area contributed by atoms with Crippen LogP contribution in [0.4, 0.5) is 10.5 Å². The molecule has 4 rings (SSSR count). The lowest BCUT2D eigenvalue weighted by Gasteiger charge is -2.26. The summed E-state index contributed by atoms with van der Waals surface area (Å²) in [4.78, 5) is 21.6. The van der Waals surface area contributed by atoms with Gasteiger partial charge in [-0.3, -0.25) is 0 Å². The summed E-state index contributed by atoms with van der Waals surface area (Å²) in [5.41, 5.74) is 3.00. The van der Waals surface area contributed by atoms with E-state index in [0.29, 0.717) is 6.54 Å². The van der Waals surface area contributed by atoms with Crippen LogP contribution in [0.3, 0.4) is 0 Å². The van der Waals surface area contributed by atoms with Crippen LogP contribution >= 0.6 is 0 Å². The Hall–Kier alpha value is -3.02. The summed E-state index contributed by atoms with van der Waals surface area (Å²) in [6, 6.07) is 14.2. The van der Waals surface area contributed by atoms with Crippen molar-refractivity contribution >= 4 is 17.6 Å². The van der Waals surface area contributed by atoms with Gasteiger partial charge in [0.25, 0.3) is 0 Å². The number of nitrogens with zero attached hydrogens (tertiary/aromatic N) is 3. The maximum Gasteiger partial charge on any atom is 0.317 e. The number of aliphatic imine (C=N–C) groups is 1. The van der Waals surface area contributed by atoms with Gasteiger partial charge in [0.05, 0.1) is 5.56 Å². The largest absolute Gasteiger partial charge is 0.454 e. The van der Waals surface area contributed by atoms with Crippen molar-refractivity contribution < 1.29 is 9.53 Å². The van der Waals surface area contributed by atoms with Crippen LogP contribution in [0.1, 0.15) is 31.4 Å². The molecule has 2 aliphatic heterocycles. The molecule has 29 heavy (non-hydrogen) atoms. The number of rotatable bonds is 1. The molecule has 2 heterocycles. The third-order valence-electron chi connectivity index (χ3n) is 5.18. The van der Waals surface area contributed by atoms with E-state index in [1.54, 1.807) is 0 Å². The minimum Gasteiger partial charge on any atom is -0.454 e. The van der Waals surface area contributed by atoms with Gasteiger partial charge in [-0.2, -0.15) is 0 Å². The van der Waals surface area contributed by atoms with Gasteiger partial charge in [0.2, 0.25) is 0 Å². The van der Waals surface area contributed by atoms with E-state index in [2.05, 4.69) is 29.3 Å². The summed E-state index contributed by atoms with van der Waals surface area (Å²) < 4.78 is 6.20. The molecule has 0 bridgehead atoms. The molecule has 2 aromatic carbocycles. The molecule has 0 aliphatic carbocycles. The number of hydrogen-bond donors (Lipinski definition) is 1. The van der Waals surface area contributed by atoms with E-state index in [0.717, 1.165) is 54.6 Å². The summed E-state index contributed by atoms with van der Waals surface area (Å²) in [6.07, 6.45) is 0.897. The van der Waals surface area contributed by atoms with Crippen molar-refractivity contribution in [2.24, 2.45) is 4.99 Å². The van der Waals surface area contributed by atoms with Crippen LogP contribution < -0.4 is 10.1 Å². The lowest BCUT2D eigenvalue weighted by molar-refractivity contribution is 0.198. The molecule has 0 unspecified atom stereocenters. The first kappa shape index (κ1) is 19.3. The second-order valence-corrected chi connectivity index (χ2v) is 7.94. The van der Waals surface area contributed by atoms with Crippen LogP contribution in [0.5, 0.6) is 11.5 Å². The van der Waals surface area contributed by atoms with Gasteiger partial charge >= 0.3 is 6.03 Å². The summed E-state index contributed by atoms with van der Waals surface area (Å²) >= 11 is 0. The Morgan fingerprint density at radius 3 is 2.72 bits per heavy atom. The Morgan fingerprint density at radius 2 is 1.90 bits per heavy atom. The Bertz CT molecular complexity index is 938. The molecule has 2 aromatic rings. The quantitative estimate of drug-likeness (QED) is 0.787. The molecule has 152 valence electrons. The first-order valence-electron chi connectivity index (χ1n) is 10.3. The van der Waals surface area contributed by atoms with Gasteiger partial charge in [-0.1, -0.05) is 23.8 Å². The summed E-state index contributed by atoms with van der Waals surface area (Å²) in [6.45, 7) is 9.05. The zero-order valence-corrected chi connectivity index (χ0v) is 17.3. The van der Waals surface area contributed by atoms with E-state index >= 15 is 0 Å². The first-order valence-corrected chi connectivity index (χ1v) is 10.3. The molecule has 2 aliphatic rings. The van der Waals surface area contributed by atoms with Gasteiger partial charge in [-0.15, -0.1) is 0 Å². The number of hydrogen-bond acceptors (Lipinski definition) is 4. The van der Waals surface area contributed by atoms with Gasteiger partial charge < -0.3 is 19.9 Å². The average Bonchev–Trinajstić information content (AvgIpc) is 3.02. The lowest BCUT2D eigenvalue weighted by atomic mass is 10.1. The van der Waals surface area contributed by atoms with Crippen molar-refractivity contribution in [3.63, 3.8) is 0 Å². The Morgan fingerprint density at radius 1 is 1.07 bits per heavy atom. The highest BCUT2D eigenvalue weighted by atomic mass is 16.5. The topological polar surface area (TPSA) is 57.2 Å². The molecule has 0 aromatic heterocycles. The van der Waals surface area contributed by atoms with Gasteiger partial charge in [0, 0.05) is 32.2 Å². The lowest BCUT2D eigenvalue weighted by Crippen LogP contribution is -2.44. The Kier molecular flexibility index (Phi) is 5.43. The van der Waals surface area contributed by atoms with E-state index in [1.165, 1.54) is 5.56 Å². The number of amidine groups is 1. The van der Waals surface area contributed by atoms with Crippen molar-refractivity contribution in [1.29, 1.82) is 0 Å². The molecule has 6 nitrogen and oxygen atoms in total. The SMILES string of the molecule is Cc1ccc2c(c1)C(N1CCCN(C(=O)NC(C)C)CC1)=Nc1ccccc1O2. The highest BCUT2D eigenvalue weighted by Crippen LogP contribution is 2.38. The van der Waals surface area contributed by atoms with Crippen molar-refractivity contribution in [1.82, 2.24) is 15.1 Å².